The average Bonchev–Trinajstić information content (AvgIpc) is 3.10. The summed E-state index contributed by atoms with van der Waals surface area (Å²) in [4.78, 5) is 48.6. The van der Waals surface area contributed by atoms with Crippen molar-refractivity contribution in [1.82, 2.24) is 0 Å². The molecule has 3 rings (SSSR count). The molecule has 0 bridgehead atoms. The van der Waals surface area contributed by atoms with E-state index in [1.165, 1.54) is 49.5 Å². The third-order valence-corrected chi connectivity index (χ3v) is 6.85. The Balaban J connectivity index is 1.86. The molecule has 1 atom stereocenters. The lowest BCUT2D eigenvalue weighted by Crippen LogP contribution is -2.24. The van der Waals surface area contributed by atoms with Crippen molar-refractivity contribution in [3.63, 3.8) is 0 Å². The second kappa shape index (κ2) is 10.4. The number of nitrogens with one attached hydrogen (secondary N) is 1. The predicted molar refractivity (Wildman–Crippen MR) is 133 cm³/mol. The summed E-state index contributed by atoms with van der Waals surface area (Å²) in [6.45, 7) is 8.77. The largest absolute Gasteiger partial charge is 0.478 e. The van der Waals surface area contributed by atoms with Crippen LogP contribution in [0.5, 0.6) is 11.5 Å². The van der Waals surface area contributed by atoms with Gasteiger partial charge in [0.05, 0.1) is 5.56 Å². The SMILES string of the molecule is CC(=O)Oc1ccc(C=CC(=O)Nc2sc3c(c2C(=O)O)C(C(C)(C)C)CCC3)cc1OC(C)=O. The predicted octanol–water partition coefficient (Wildman–Crippen LogP) is 5.41. The maximum absolute atomic E-state index is 12.7. The number of amides is 1. The first kappa shape index (κ1) is 26.2. The fourth-order valence-corrected chi connectivity index (χ4v) is 5.55. The molecule has 1 aliphatic carbocycles. The molecule has 1 aromatic carbocycles. The second-order valence-electron chi connectivity index (χ2n) is 9.48. The zero-order chi connectivity index (χ0) is 25.9. The minimum absolute atomic E-state index is 0.0441. The van der Waals surface area contributed by atoms with E-state index in [1.54, 1.807) is 6.07 Å². The number of hydrogen-bond acceptors (Lipinski definition) is 7. The summed E-state index contributed by atoms with van der Waals surface area (Å²) in [7, 11) is 0. The Morgan fingerprint density at radius 3 is 2.34 bits per heavy atom. The van der Waals surface area contributed by atoms with Crippen LogP contribution in [0, 0.1) is 5.41 Å². The maximum atomic E-state index is 12.7. The first-order chi connectivity index (χ1) is 16.4. The highest BCUT2D eigenvalue weighted by Gasteiger charge is 2.37. The highest BCUT2D eigenvalue weighted by molar-refractivity contribution is 7.17. The smallest absolute Gasteiger partial charge is 0.339 e. The number of esters is 2. The van der Waals surface area contributed by atoms with Crippen molar-refractivity contribution in [2.75, 3.05) is 5.32 Å². The monoisotopic (exact) mass is 499 g/mol. The van der Waals surface area contributed by atoms with Gasteiger partial charge in [0.15, 0.2) is 11.5 Å². The van der Waals surface area contributed by atoms with Crippen molar-refractivity contribution in [3.8, 4) is 11.5 Å². The molecule has 186 valence electrons. The fourth-order valence-electron chi connectivity index (χ4n) is 4.25. The molecule has 35 heavy (non-hydrogen) atoms. The number of aromatic carboxylic acids is 1. The number of carbonyl (C=O) groups is 4. The topological polar surface area (TPSA) is 119 Å². The van der Waals surface area contributed by atoms with Crippen LogP contribution in [0.4, 0.5) is 5.00 Å². The average molecular weight is 500 g/mol. The Kier molecular flexibility index (Phi) is 7.80. The van der Waals surface area contributed by atoms with E-state index >= 15 is 0 Å². The number of carboxylic acid groups (broad SMARTS) is 1. The van der Waals surface area contributed by atoms with E-state index in [4.69, 9.17) is 9.47 Å². The minimum atomic E-state index is -1.05. The molecular weight excluding hydrogens is 470 g/mol. The van der Waals surface area contributed by atoms with Crippen LogP contribution < -0.4 is 14.8 Å². The van der Waals surface area contributed by atoms with Gasteiger partial charge < -0.3 is 19.9 Å². The van der Waals surface area contributed by atoms with Crippen LogP contribution in [0.15, 0.2) is 24.3 Å². The maximum Gasteiger partial charge on any atom is 0.339 e. The van der Waals surface area contributed by atoms with E-state index in [0.717, 1.165) is 29.7 Å². The van der Waals surface area contributed by atoms with Gasteiger partial charge in [0.1, 0.15) is 5.00 Å². The van der Waals surface area contributed by atoms with Gasteiger partial charge in [-0.15, -0.1) is 11.3 Å². The lowest BCUT2D eigenvalue weighted by atomic mass is 9.70. The molecule has 2 aromatic rings. The highest BCUT2D eigenvalue weighted by atomic mass is 32.1. The molecule has 0 fully saturated rings. The van der Waals surface area contributed by atoms with E-state index in [0.29, 0.717) is 10.6 Å². The number of rotatable bonds is 6. The number of hydrogen-bond donors (Lipinski definition) is 2. The van der Waals surface area contributed by atoms with Gasteiger partial charge in [0.25, 0.3) is 0 Å². The van der Waals surface area contributed by atoms with Gasteiger partial charge in [-0.25, -0.2) is 4.79 Å². The van der Waals surface area contributed by atoms with E-state index in [-0.39, 0.29) is 28.4 Å². The summed E-state index contributed by atoms with van der Waals surface area (Å²) in [5.41, 5.74) is 1.44. The van der Waals surface area contributed by atoms with E-state index < -0.39 is 23.8 Å². The van der Waals surface area contributed by atoms with Crippen molar-refractivity contribution in [1.29, 1.82) is 0 Å². The number of anilines is 1. The third kappa shape index (κ3) is 6.36. The highest BCUT2D eigenvalue weighted by Crippen LogP contribution is 2.50. The molecule has 0 aliphatic heterocycles. The molecule has 1 unspecified atom stereocenters. The standard InChI is InChI=1S/C26H29NO7S/c1-14(28)33-18-11-9-16(13-19(18)34-15(2)29)10-12-21(30)27-24-23(25(31)32)22-17(26(3,4)5)7-6-8-20(22)35-24/h9-13,17H,6-8H2,1-5H3,(H,27,30)(H,31,32). The van der Waals surface area contributed by atoms with Crippen LogP contribution in [0.3, 0.4) is 0 Å². The summed E-state index contributed by atoms with van der Waals surface area (Å²) >= 11 is 1.32. The molecule has 9 heteroatoms. The number of ether oxygens (including phenoxy) is 2. The van der Waals surface area contributed by atoms with Crippen LogP contribution in [0.25, 0.3) is 6.08 Å². The molecular formula is C26H29NO7S. The van der Waals surface area contributed by atoms with Gasteiger partial charge in [0.2, 0.25) is 5.91 Å². The number of benzene rings is 1. The van der Waals surface area contributed by atoms with E-state index in [2.05, 4.69) is 26.1 Å². The van der Waals surface area contributed by atoms with Crippen LogP contribution in [-0.2, 0) is 20.8 Å². The van der Waals surface area contributed by atoms with Crippen molar-refractivity contribution in [2.45, 2.75) is 59.8 Å². The van der Waals surface area contributed by atoms with Gasteiger partial charge in [0, 0.05) is 24.8 Å². The van der Waals surface area contributed by atoms with Crippen molar-refractivity contribution >= 4 is 46.2 Å². The van der Waals surface area contributed by atoms with Gasteiger partial charge in [-0.3, -0.25) is 14.4 Å². The first-order valence-electron chi connectivity index (χ1n) is 11.3. The molecule has 2 N–H and O–H groups in total. The Labute approximate surface area is 207 Å². The van der Waals surface area contributed by atoms with E-state index in [1.807, 2.05) is 0 Å². The number of fused-ring (bicyclic) bond motifs is 1. The Morgan fingerprint density at radius 1 is 1.09 bits per heavy atom. The summed E-state index contributed by atoms with van der Waals surface area (Å²) in [6, 6.07) is 4.51. The third-order valence-electron chi connectivity index (χ3n) is 5.67. The Hall–Kier alpha value is -3.46. The minimum Gasteiger partial charge on any atom is -0.478 e. The van der Waals surface area contributed by atoms with Gasteiger partial charge in [-0.05, 0) is 59.9 Å². The quantitative estimate of drug-likeness (QED) is 0.310. The van der Waals surface area contributed by atoms with Crippen LogP contribution in [0.2, 0.25) is 0 Å². The van der Waals surface area contributed by atoms with Crippen LogP contribution >= 0.6 is 11.3 Å². The second-order valence-corrected chi connectivity index (χ2v) is 10.6. The Morgan fingerprint density at radius 2 is 1.74 bits per heavy atom. The number of aryl methyl sites for hydroxylation is 1. The molecule has 8 nitrogen and oxygen atoms in total. The number of carboxylic acids is 1. The number of thiophene rings is 1. The summed E-state index contributed by atoms with van der Waals surface area (Å²) in [5.74, 6) is -2.47. The first-order valence-corrected chi connectivity index (χ1v) is 12.1. The zero-order valence-corrected chi connectivity index (χ0v) is 21.2. The molecule has 1 aliphatic rings. The molecule has 0 saturated carbocycles. The molecule has 1 aromatic heterocycles. The van der Waals surface area contributed by atoms with Crippen LogP contribution in [-0.4, -0.2) is 28.9 Å². The molecule has 1 amide bonds. The summed E-state index contributed by atoms with van der Waals surface area (Å²) in [5, 5.41) is 13.0. The molecule has 1 heterocycles. The lowest BCUT2D eigenvalue weighted by Gasteiger charge is -2.34. The van der Waals surface area contributed by atoms with Crippen LogP contribution in [0.1, 0.15) is 79.7 Å². The number of carbonyl (C=O) groups excluding carboxylic acids is 3. The van der Waals surface area contributed by atoms with Crippen molar-refractivity contribution in [2.24, 2.45) is 5.41 Å². The van der Waals surface area contributed by atoms with Gasteiger partial charge in [-0.1, -0.05) is 26.8 Å². The van der Waals surface area contributed by atoms with Gasteiger partial charge >= 0.3 is 17.9 Å². The van der Waals surface area contributed by atoms with E-state index in [9.17, 15) is 24.3 Å². The molecule has 0 spiro atoms. The molecule has 0 radical (unpaired) electrons. The fraction of sp³-hybridized carbons (Fsp3) is 0.385. The lowest BCUT2D eigenvalue weighted by molar-refractivity contribution is -0.134. The normalized spacial score (nSPS) is 15.4. The van der Waals surface area contributed by atoms with Crippen molar-refractivity contribution in [3.05, 3.63) is 45.8 Å². The Bertz CT molecular complexity index is 1200. The zero-order valence-electron chi connectivity index (χ0n) is 20.4. The molecule has 0 saturated heterocycles. The van der Waals surface area contributed by atoms with Crippen molar-refractivity contribution < 1.29 is 33.8 Å². The summed E-state index contributed by atoms with van der Waals surface area (Å²) in [6.07, 6.45) is 5.45. The van der Waals surface area contributed by atoms with Gasteiger partial charge in [-0.2, -0.15) is 0 Å². The summed E-state index contributed by atoms with van der Waals surface area (Å²) < 4.78 is 10.1.